The maximum Gasteiger partial charge on any atom is 0.223 e. The first kappa shape index (κ1) is 11.5. The van der Waals surface area contributed by atoms with Crippen LogP contribution in [0.25, 0.3) is 0 Å². The van der Waals surface area contributed by atoms with Crippen LogP contribution in [0.4, 0.5) is 0 Å². The maximum atomic E-state index is 11.6. The zero-order chi connectivity index (χ0) is 10.6. The van der Waals surface area contributed by atoms with Crippen LogP contribution < -0.4 is 5.32 Å². The largest absolute Gasteiger partial charge is 0.396 e. The molecule has 0 aromatic carbocycles. The van der Waals surface area contributed by atoms with Crippen LogP contribution in [0.15, 0.2) is 0 Å². The lowest BCUT2D eigenvalue weighted by atomic mass is 9.88. The van der Waals surface area contributed by atoms with Gasteiger partial charge in [-0.25, -0.2) is 0 Å². The van der Waals surface area contributed by atoms with Gasteiger partial charge in [-0.3, -0.25) is 4.79 Å². The fourth-order valence-corrected chi connectivity index (χ4v) is 2.37. The summed E-state index contributed by atoms with van der Waals surface area (Å²) in [5.74, 6) is 0.299. The van der Waals surface area contributed by atoms with Crippen LogP contribution in [0.5, 0.6) is 0 Å². The molecule has 0 saturated carbocycles. The summed E-state index contributed by atoms with van der Waals surface area (Å²) >= 11 is 0. The van der Waals surface area contributed by atoms with Crippen molar-refractivity contribution in [3.63, 3.8) is 0 Å². The molecule has 2 unspecified atom stereocenters. The minimum Gasteiger partial charge on any atom is -0.396 e. The molecule has 0 radical (unpaired) electrons. The van der Waals surface area contributed by atoms with Gasteiger partial charge in [0, 0.05) is 18.1 Å². The van der Waals surface area contributed by atoms with Crippen molar-refractivity contribution in [3.05, 3.63) is 0 Å². The van der Waals surface area contributed by atoms with E-state index in [1.807, 2.05) is 0 Å². The molecule has 1 rings (SSSR count). The summed E-state index contributed by atoms with van der Waals surface area (Å²) in [6.45, 7) is 4.44. The van der Waals surface area contributed by atoms with Gasteiger partial charge in [0.25, 0.3) is 0 Å². The smallest absolute Gasteiger partial charge is 0.223 e. The van der Waals surface area contributed by atoms with Crippen molar-refractivity contribution >= 4 is 5.91 Å². The topological polar surface area (TPSA) is 49.3 Å². The highest BCUT2D eigenvalue weighted by Crippen LogP contribution is 2.31. The van der Waals surface area contributed by atoms with Gasteiger partial charge in [0.1, 0.15) is 0 Å². The van der Waals surface area contributed by atoms with Crippen molar-refractivity contribution in [2.75, 3.05) is 6.61 Å². The molecule has 0 spiro atoms. The van der Waals surface area contributed by atoms with Crippen LogP contribution in [0.2, 0.25) is 0 Å². The van der Waals surface area contributed by atoms with Gasteiger partial charge >= 0.3 is 0 Å². The Kier molecular flexibility index (Phi) is 3.93. The Morgan fingerprint density at radius 1 is 1.64 bits per heavy atom. The van der Waals surface area contributed by atoms with Gasteiger partial charge in [0.2, 0.25) is 5.91 Å². The van der Waals surface area contributed by atoms with E-state index in [9.17, 15) is 4.79 Å². The Morgan fingerprint density at radius 3 is 2.93 bits per heavy atom. The standard InChI is InChI=1S/C11H21NO2/c1-3-6-11(2)8-9(5-4-7-13)10(14)12-11/h9,13H,3-8H2,1-2H3,(H,12,14). The fourth-order valence-electron chi connectivity index (χ4n) is 2.37. The zero-order valence-corrected chi connectivity index (χ0v) is 9.18. The van der Waals surface area contributed by atoms with Crippen LogP contribution in [0, 0.1) is 5.92 Å². The normalized spacial score (nSPS) is 31.9. The molecule has 1 aliphatic rings. The summed E-state index contributed by atoms with van der Waals surface area (Å²) < 4.78 is 0. The molecule has 1 saturated heterocycles. The number of nitrogens with one attached hydrogen (secondary N) is 1. The summed E-state index contributed by atoms with van der Waals surface area (Å²) in [6, 6.07) is 0. The second-order valence-corrected chi connectivity index (χ2v) is 4.57. The van der Waals surface area contributed by atoms with Gasteiger partial charge in [-0.1, -0.05) is 13.3 Å². The van der Waals surface area contributed by atoms with Gasteiger partial charge < -0.3 is 10.4 Å². The van der Waals surface area contributed by atoms with Gasteiger partial charge in [-0.15, -0.1) is 0 Å². The van der Waals surface area contributed by atoms with E-state index in [0.29, 0.717) is 0 Å². The van der Waals surface area contributed by atoms with Crippen molar-refractivity contribution in [3.8, 4) is 0 Å². The Hall–Kier alpha value is -0.570. The highest BCUT2D eigenvalue weighted by Gasteiger charge is 2.39. The second-order valence-electron chi connectivity index (χ2n) is 4.57. The second kappa shape index (κ2) is 4.78. The van der Waals surface area contributed by atoms with Crippen molar-refractivity contribution in [1.29, 1.82) is 0 Å². The molecule has 2 atom stereocenters. The predicted octanol–water partition coefficient (Wildman–Crippen LogP) is 1.45. The van der Waals surface area contributed by atoms with E-state index in [1.54, 1.807) is 0 Å². The van der Waals surface area contributed by atoms with E-state index in [2.05, 4.69) is 19.2 Å². The first-order valence-corrected chi connectivity index (χ1v) is 5.54. The van der Waals surface area contributed by atoms with Gasteiger partial charge in [0.05, 0.1) is 0 Å². The summed E-state index contributed by atoms with van der Waals surface area (Å²) in [5.41, 5.74) is 0.00591. The molecule has 3 nitrogen and oxygen atoms in total. The van der Waals surface area contributed by atoms with Gasteiger partial charge in [0.15, 0.2) is 0 Å². The third-order valence-electron chi connectivity index (χ3n) is 3.01. The predicted molar refractivity (Wildman–Crippen MR) is 55.9 cm³/mol. The van der Waals surface area contributed by atoms with E-state index >= 15 is 0 Å². The summed E-state index contributed by atoms with van der Waals surface area (Å²) in [5, 5.41) is 11.8. The number of aliphatic hydroxyl groups excluding tert-OH is 1. The minimum atomic E-state index is 0.00591. The third-order valence-corrected chi connectivity index (χ3v) is 3.01. The van der Waals surface area contributed by atoms with Gasteiger partial charge in [-0.2, -0.15) is 0 Å². The van der Waals surface area contributed by atoms with Gasteiger partial charge in [-0.05, 0) is 32.6 Å². The lowest BCUT2D eigenvalue weighted by molar-refractivity contribution is -0.123. The molecular formula is C11H21NO2. The molecule has 2 N–H and O–H groups in total. The van der Waals surface area contributed by atoms with E-state index in [4.69, 9.17) is 5.11 Å². The number of carbonyl (C=O) groups excluding carboxylic acids is 1. The quantitative estimate of drug-likeness (QED) is 0.704. The minimum absolute atomic E-state index is 0.00591. The molecule has 3 heteroatoms. The number of hydrogen-bond donors (Lipinski definition) is 2. The van der Waals surface area contributed by atoms with E-state index < -0.39 is 0 Å². The maximum absolute atomic E-state index is 11.6. The lowest BCUT2D eigenvalue weighted by Crippen LogP contribution is -2.38. The Labute approximate surface area is 85.9 Å². The molecule has 1 heterocycles. The zero-order valence-electron chi connectivity index (χ0n) is 9.18. The van der Waals surface area contributed by atoms with Crippen LogP contribution >= 0.6 is 0 Å². The molecule has 0 aliphatic carbocycles. The van der Waals surface area contributed by atoms with Crippen molar-refractivity contribution in [2.45, 2.75) is 51.5 Å². The lowest BCUT2D eigenvalue weighted by Gasteiger charge is -2.23. The molecule has 1 fully saturated rings. The molecule has 1 amide bonds. The number of aliphatic hydroxyl groups is 1. The Morgan fingerprint density at radius 2 is 2.36 bits per heavy atom. The van der Waals surface area contributed by atoms with E-state index in [1.165, 1.54) is 0 Å². The van der Waals surface area contributed by atoms with Crippen LogP contribution in [0.1, 0.15) is 46.0 Å². The van der Waals surface area contributed by atoms with Crippen molar-refractivity contribution in [2.24, 2.45) is 5.92 Å². The summed E-state index contributed by atoms with van der Waals surface area (Å²) in [7, 11) is 0. The van der Waals surface area contributed by atoms with E-state index in [0.717, 1.165) is 32.1 Å². The molecule has 0 aromatic heterocycles. The summed E-state index contributed by atoms with van der Waals surface area (Å²) in [6.07, 6.45) is 4.64. The molecule has 0 bridgehead atoms. The fraction of sp³-hybridized carbons (Fsp3) is 0.909. The first-order chi connectivity index (χ1) is 6.61. The van der Waals surface area contributed by atoms with Crippen molar-refractivity contribution in [1.82, 2.24) is 5.32 Å². The number of rotatable bonds is 5. The summed E-state index contributed by atoms with van der Waals surface area (Å²) in [4.78, 5) is 11.6. The Balaban J connectivity index is 2.46. The van der Waals surface area contributed by atoms with Crippen LogP contribution in [-0.4, -0.2) is 23.2 Å². The number of amides is 1. The molecule has 0 aromatic rings. The highest BCUT2D eigenvalue weighted by atomic mass is 16.3. The number of carbonyl (C=O) groups is 1. The molecule has 14 heavy (non-hydrogen) atoms. The first-order valence-electron chi connectivity index (χ1n) is 5.54. The monoisotopic (exact) mass is 199 g/mol. The van der Waals surface area contributed by atoms with Crippen LogP contribution in [0.3, 0.4) is 0 Å². The SMILES string of the molecule is CCCC1(C)CC(CCCO)C(=O)N1. The average Bonchev–Trinajstić information content (AvgIpc) is 2.38. The van der Waals surface area contributed by atoms with Crippen molar-refractivity contribution < 1.29 is 9.90 Å². The molecule has 1 aliphatic heterocycles. The molecule has 82 valence electrons. The number of hydrogen-bond acceptors (Lipinski definition) is 2. The molecular weight excluding hydrogens is 178 g/mol. The highest BCUT2D eigenvalue weighted by molar-refractivity contribution is 5.82. The third kappa shape index (κ3) is 2.71. The van der Waals surface area contributed by atoms with E-state index in [-0.39, 0.29) is 24.0 Å². The van der Waals surface area contributed by atoms with Crippen LogP contribution in [-0.2, 0) is 4.79 Å². The Bertz CT molecular complexity index is 205. The average molecular weight is 199 g/mol.